The zero-order valence-corrected chi connectivity index (χ0v) is 49.2. The summed E-state index contributed by atoms with van der Waals surface area (Å²) in [5, 5.41) is 6.32. The Bertz CT molecular complexity index is 3330. The zero-order chi connectivity index (χ0) is 58.5. The number of rotatable bonds is 32. The second-order valence-electron chi connectivity index (χ2n) is 22.2. The Balaban J connectivity index is 0.812. The van der Waals surface area contributed by atoms with Crippen molar-refractivity contribution in [3.8, 4) is 39.9 Å². The Hall–Kier alpha value is -6.69. The van der Waals surface area contributed by atoms with Gasteiger partial charge in [-0.15, -0.1) is 11.3 Å². The molecule has 1 aliphatic carbocycles. The van der Waals surface area contributed by atoms with E-state index in [0.717, 1.165) is 124 Å². The third-order valence-corrected chi connectivity index (χ3v) is 17.4. The van der Waals surface area contributed by atoms with Gasteiger partial charge in [0.2, 0.25) is 0 Å². The van der Waals surface area contributed by atoms with Crippen molar-refractivity contribution in [2.45, 2.75) is 116 Å². The summed E-state index contributed by atoms with van der Waals surface area (Å²) < 4.78 is 120. The van der Waals surface area contributed by atoms with Crippen LogP contribution in [0.2, 0.25) is 0 Å². The van der Waals surface area contributed by atoms with E-state index in [1.807, 2.05) is 50.2 Å². The fourth-order valence-electron chi connectivity index (χ4n) is 10.9. The van der Waals surface area contributed by atoms with Gasteiger partial charge in [-0.25, -0.2) is 8.78 Å². The normalized spacial score (nSPS) is 17.9. The van der Waals surface area contributed by atoms with Crippen LogP contribution in [0.25, 0.3) is 37.7 Å². The highest BCUT2D eigenvalue weighted by molar-refractivity contribution is 7.19. The predicted molar refractivity (Wildman–Crippen MR) is 323 cm³/mol. The number of benzene rings is 6. The van der Waals surface area contributed by atoms with Crippen LogP contribution < -0.4 is 29.1 Å². The van der Waals surface area contributed by atoms with Crippen LogP contribution in [-0.4, -0.2) is 78.4 Å². The molecule has 6 aromatic carbocycles. The topological polar surface area (TPSA) is 111 Å². The fourth-order valence-corrected chi connectivity index (χ4v) is 11.9. The minimum atomic E-state index is -4.35. The first-order chi connectivity index (χ1) is 40.9. The molecule has 1 saturated carbocycles. The Labute approximate surface area is 494 Å². The van der Waals surface area contributed by atoms with Gasteiger partial charge in [-0.1, -0.05) is 74.0 Å². The quantitative estimate of drug-likeness (QED) is 0.0109. The summed E-state index contributed by atoms with van der Waals surface area (Å²) in [4.78, 5) is 1.03. The summed E-state index contributed by atoms with van der Waals surface area (Å²) in [5.74, 6) is -0.583. The average molecular weight is 1170 g/mol. The smallest absolute Gasteiger partial charge is 0.429 e. The molecule has 2 saturated heterocycles. The third kappa shape index (κ3) is 15.0. The van der Waals surface area contributed by atoms with E-state index in [2.05, 4.69) is 29.6 Å². The van der Waals surface area contributed by atoms with Crippen molar-refractivity contribution < 1.29 is 60.2 Å². The number of unbranched alkanes of at least 4 members (excludes halogenated alkanes) is 5. The van der Waals surface area contributed by atoms with E-state index in [1.54, 1.807) is 73.1 Å². The monoisotopic (exact) mass is 1170 g/mol. The number of halogens is 4. The molecule has 0 amide bonds. The first kappa shape index (κ1) is 60.4. The number of ether oxygens (including phenoxy) is 9. The van der Waals surface area contributed by atoms with Gasteiger partial charge < -0.3 is 48.1 Å². The summed E-state index contributed by atoms with van der Waals surface area (Å²) in [6, 6.07) is 32.0. The van der Waals surface area contributed by atoms with Gasteiger partial charge in [0, 0.05) is 62.3 Å². The highest BCUT2D eigenvalue weighted by atomic mass is 32.1. The van der Waals surface area contributed by atoms with Gasteiger partial charge in [0.1, 0.15) is 28.6 Å². The van der Waals surface area contributed by atoms with Crippen LogP contribution in [0.1, 0.15) is 119 Å². The van der Waals surface area contributed by atoms with Crippen LogP contribution in [0.5, 0.6) is 28.7 Å². The number of hydrazone groups is 1. The number of epoxide rings is 1. The summed E-state index contributed by atoms with van der Waals surface area (Å²) in [5.41, 5.74) is 3.10. The Kier molecular flexibility index (Phi) is 20.5. The molecule has 4 unspecified atom stereocenters. The third-order valence-electron chi connectivity index (χ3n) is 16.1. The predicted octanol–water partition coefficient (Wildman–Crippen LogP) is 16.8. The van der Waals surface area contributed by atoms with E-state index >= 15 is 17.6 Å². The van der Waals surface area contributed by atoms with Gasteiger partial charge in [0.05, 0.1) is 64.6 Å². The van der Waals surface area contributed by atoms with Crippen LogP contribution in [0.3, 0.4) is 0 Å². The van der Waals surface area contributed by atoms with Crippen LogP contribution in [0.15, 0.2) is 126 Å². The van der Waals surface area contributed by atoms with Gasteiger partial charge in [-0.05, 0) is 156 Å². The van der Waals surface area contributed by atoms with Gasteiger partial charge in [-0.3, -0.25) is 0 Å². The number of nitrogens with one attached hydrogen (secondary N) is 1. The first-order valence-corrected chi connectivity index (χ1v) is 30.4. The van der Waals surface area contributed by atoms with E-state index in [1.165, 1.54) is 18.7 Å². The van der Waals surface area contributed by atoms with E-state index in [0.29, 0.717) is 71.9 Å². The molecular formula is C68H76F4N2O9S. The Morgan fingerprint density at radius 1 is 0.774 bits per heavy atom. The number of hydrogen-bond donors (Lipinski definition) is 1. The molecule has 0 bridgehead atoms. The second kappa shape index (κ2) is 28.5. The summed E-state index contributed by atoms with van der Waals surface area (Å²) in [6.45, 7) is 11.5. The van der Waals surface area contributed by atoms with Gasteiger partial charge in [0.15, 0.2) is 23.1 Å². The number of hydrogen-bond acceptors (Lipinski definition) is 12. The van der Waals surface area contributed by atoms with Gasteiger partial charge in [0.25, 0.3) is 0 Å². The number of alkyl halides is 2. The number of methoxy groups -OCH3 is 1. The number of allylic oxidation sites excluding steroid dienone is 1. The van der Waals surface area contributed by atoms with Crippen LogP contribution >= 0.6 is 11.3 Å². The molecule has 1 aromatic heterocycles. The van der Waals surface area contributed by atoms with Crippen molar-refractivity contribution in [1.82, 2.24) is 5.43 Å². The molecule has 1 N–H and O–H groups in total. The van der Waals surface area contributed by atoms with Gasteiger partial charge >= 0.3 is 6.11 Å². The Morgan fingerprint density at radius 3 is 2.25 bits per heavy atom. The maximum absolute atomic E-state index is 16.6. The minimum absolute atomic E-state index is 0.190. The molecule has 3 aliphatic rings. The second-order valence-corrected chi connectivity index (χ2v) is 23.3. The largest absolute Gasteiger partial charge is 0.494 e. The van der Waals surface area contributed by atoms with Crippen molar-refractivity contribution in [1.29, 1.82) is 0 Å². The lowest BCUT2D eigenvalue weighted by molar-refractivity contribution is -0.187. The fraction of sp³-hybridized carbons (Fsp3) is 0.426. The summed E-state index contributed by atoms with van der Waals surface area (Å²) >= 11 is 1.63. The lowest BCUT2D eigenvalue weighted by Crippen LogP contribution is -2.45. The molecular weight excluding hydrogens is 1100 g/mol. The molecule has 84 heavy (non-hydrogen) atoms. The van der Waals surface area contributed by atoms with E-state index < -0.39 is 23.3 Å². The first-order valence-electron chi connectivity index (χ1n) is 29.6. The highest BCUT2D eigenvalue weighted by Crippen LogP contribution is 2.45. The van der Waals surface area contributed by atoms with Crippen LogP contribution in [-0.2, 0) is 25.1 Å². The van der Waals surface area contributed by atoms with Crippen molar-refractivity contribution in [2.24, 2.45) is 16.4 Å². The van der Waals surface area contributed by atoms with E-state index in [4.69, 9.17) is 42.6 Å². The molecule has 4 atom stereocenters. The molecule has 10 rings (SSSR count). The van der Waals surface area contributed by atoms with Crippen LogP contribution in [0.4, 0.5) is 17.6 Å². The van der Waals surface area contributed by atoms with E-state index in [-0.39, 0.29) is 45.0 Å². The zero-order valence-electron chi connectivity index (χ0n) is 48.4. The molecule has 0 radical (unpaired) electrons. The molecule has 3 fully saturated rings. The van der Waals surface area contributed by atoms with Gasteiger partial charge in [-0.2, -0.15) is 13.9 Å². The molecule has 7 aromatic rings. The van der Waals surface area contributed by atoms with Crippen molar-refractivity contribution in [2.75, 3.05) is 60.0 Å². The lowest BCUT2D eigenvalue weighted by atomic mass is 9.84. The summed E-state index contributed by atoms with van der Waals surface area (Å²) in [6.07, 6.45) is 10.9. The maximum Gasteiger partial charge on any atom is 0.429 e. The SMILES string of the molecule is CC=C(Oc1c(/C=N/NC(C)c2cc3ccccc3s2)cc(OC(F)(F)c2ccc(-c3ccc(OCCCCCOCC4CCC5OC5C4)cc3)c(F)c2F)c2ccccc12)c1ccc(OCCCCCCOCC2(CC)COC2)c(OC)c1. The Morgan fingerprint density at radius 2 is 1.51 bits per heavy atom. The maximum atomic E-state index is 16.6. The number of fused-ring (bicyclic) bond motifs is 3. The van der Waals surface area contributed by atoms with Crippen LogP contribution in [0, 0.1) is 23.0 Å². The van der Waals surface area contributed by atoms with Crippen molar-refractivity contribution >= 4 is 44.2 Å². The molecule has 446 valence electrons. The van der Waals surface area contributed by atoms with Crippen molar-refractivity contribution in [3.05, 3.63) is 155 Å². The number of nitrogens with zero attached hydrogens (tertiary/aromatic N) is 1. The molecule has 2 aliphatic heterocycles. The van der Waals surface area contributed by atoms with E-state index in [9.17, 15) is 0 Å². The van der Waals surface area contributed by atoms with Crippen molar-refractivity contribution in [3.63, 3.8) is 0 Å². The summed E-state index contributed by atoms with van der Waals surface area (Å²) in [7, 11) is 1.57. The number of thiophene rings is 1. The molecule has 3 heterocycles. The standard InChI is InChI=1S/C68H76F4N2O9S/c1-5-56(48-25-31-57(60(37-48)75-4)80-35-16-8-7-14-33-77-42-67(6-2)43-78-44-67)82-66-50(40-73-74-45(3)63-39-49-18-10-13-21-62(49)84-63)38-59(53-19-11-12-20-54(53)66)83-68(71,72)55-29-28-52(64(69)65(55)70)47-23-26-51(27-24-47)79-34-17-9-15-32-76-41-46-22-30-58-61(36-46)81-58/h5,10-13,18-21,23-29,31,37-40,45-46,58,61,74H,6-9,14-17,22,30,32-36,41-44H2,1-4H3/b56-5?,73-40+. The highest BCUT2D eigenvalue weighted by Gasteiger charge is 2.44. The molecule has 16 heteroatoms. The molecule has 0 spiro atoms. The lowest BCUT2D eigenvalue weighted by Gasteiger charge is -2.40. The molecule has 11 nitrogen and oxygen atoms in total. The minimum Gasteiger partial charge on any atom is -0.494 e. The average Bonchev–Trinajstić information content (AvgIpc) is 2.27.